The molecule has 5 rings (SSSR count). The van der Waals surface area contributed by atoms with Crippen LogP contribution >= 0.6 is 22.7 Å². The first-order valence-corrected chi connectivity index (χ1v) is 11.8. The Labute approximate surface area is 204 Å². The van der Waals surface area contributed by atoms with Crippen LogP contribution in [0.3, 0.4) is 0 Å². The Bertz CT molecular complexity index is 1580. The number of carbonyl (C=O) groups excluding carboxylic acids is 1. The highest BCUT2D eigenvalue weighted by atomic mass is 32.1. The third kappa shape index (κ3) is 4.47. The minimum Gasteiger partial charge on any atom is -0.279 e. The molecule has 0 aliphatic carbocycles. The highest BCUT2D eigenvalue weighted by Gasteiger charge is 2.34. The molecule has 0 saturated carbocycles. The second-order valence-electron chi connectivity index (χ2n) is 7.61. The number of hydrogen-bond donors (Lipinski definition) is 0. The van der Waals surface area contributed by atoms with Crippen molar-refractivity contribution in [1.29, 1.82) is 0 Å². The summed E-state index contributed by atoms with van der Waals surface area (Å²) >= 11 is 2.16. The molecule has 0 N–H and O–H groups in total. The van der Waals surface area contributed by atoms with E-state index in [0.29, 0.717) is 19.7 Å². The van der Waals surface area contributed by atoms with E-state index in [-0.39, 0.29) is 22.9 Å². The van der Waals surface area contributed by atoms with E-state index < -0.39 is 22.6 Å². The van der Waals surface area contributed by atoms with Gasteiger partial charge in [0.25, 0.3) is 11.6 Å². The number of thiazole rings is 1. The lowest BCUT2D eigenvalue weighted by Gasteiger charge is -2.19. The summed E-state index contributed by atoms with van der Waals surface area (Å²) in [5, 5.41) is 11.8. The fourth-order valence-corrected chi connectivity index (χ4v) is 5.64. The maximum atomic E-state index is 13.6. The average molecular weight is 514 g/mol. The van der Waals surface area contributed by atoms with Crippen molar-refractivity contribution in [2.75, 3.05) is 4.90 Å². The van der Waals surface area contributed by atoms with Gasteiger partial charge >= 0.3 is 6.18 Å². The first-order chi connectivity index (χ1) is 16.7. The average Bonchev–Trinajstić information content (AvgIpc) is 3.45. The Balaban J connectivity index is 1.61. The molecule has 1 amide bonds. The van der Waals surface area contributed by atoms with Gasteiger partial charge < -0.3 is 0 Å². The summed E-state index contributed by atoms with van der Waals surface area (Å²) in [6.45, 7) is 0.0925. The van der Waals surface area contributed by atoms with E-state index in [9.17, 15) is 28.1 Å². The van der Waals surface area contributed by atoms with Gasteiger partial charge in [0.2, 0.25) is 0 Å². The van der Waals surface area contributed by atoms with Gasteiger partial charge in [0, 0.05) is 22.2 Å². The number of aromatic nitrogens is 1. The van der Waals surface area contributed by atoms with Gasteiger partial charge in [0.1, 0.15) is 0 Å². The van der Waals surface area contributed by atoms with E-state index in [1.807, 2.05) is 18.2 Å². The predicted molar refractivity (Wildman–Crippen MR) is 130 cm³/mol. The number of amides is 1. The molecule has 0 bridgehead atoms. The standard InChI is InChI=1S/C24H14F3N3O3S2/c25-24(26,27)17-7-4-8-19-21(17)28-23(35-19)29(13-14-5-2-1-3-6-14)22(31)20-12-15-11-16(30(32)33)9-10-18(15)34-20/h1-12H,13H2. The number of hydrogen-bond acceptors (Lipinski definition) is 6. The lowest BCUT2D eigenvalue weighted by Crippen LogP contribution is -2.29. The largest absolute Gasteiger partial charge is 0.418 e. The molecule has 0 aliphatic heterocycles. The molecule has 0 spiro atoms. The van der Waals surface area contributed by atoms with E-state index in [4.69, 9.17) is 0 Å². The van der Waals surface area contributed by atoms with Gasteiger partial charge in [-0.05, 0) is 29.8 Å². The summed E-state index contributed by atoms with van der Waals surface area (Å²) in [4.78, 5) is 30.1. The molecule has 176 valence electrons. The molecule has 0 radical (unpaired) electrons. The SMILES string of the molecule is O=C(c1cc2cc([N+](=O)[O-])ccc2s1)N(Cc1ccccc1)c1nc2c(C(F)(F)F)cccc2s1. The number of non-ortho nitro benzene ring substituents is 1. The molecular formula is C24H14F3N3O3S2. The van der Waals surface area contributed by atoms with Crippen molar-refractivity contribution in [3.63, 3.8) is 0 Å². The molecule has 5 aromatic rings. The van der Waals surface area contributed by atoms with Crippen molar-refractivity contribution in [1.82, 2.24) is 4.98 Å². The molecule has 0 fully saturated rings. The molecule has 3 aromatic carbocycles. The number of fused-ring (bicyclic) bond motifs is 2. The summed E-state index contributed by atoms with van der Waals surface area (Å²) in [6.07, 6.45) is -4.58. The molecule has 11 heteroatoms. The Hall–Kier alpha value is -3.83. The fraction of sp³-hybridized carbons (Fsp3) is 0.0833. The minimum absolute atomic E-state index is 0.0925. The number of thiophene rings is 1. The number of para-hydroxylation sites is 1. The van der Waals surface area contributed by atoms with Gasteiger partial charge in [0.15, 0.2) is 5.13 Å². The van der Waals surface area contributed by atoms with Crippen LogP contribution in [0.1, 0.15) is 20.8 Å². The molecule has 0 aliphatic rings. The summed E-state index contributed by atoms with van der Waals surface area (Å²) in [7, 11) is 0. The minimum atomic E-state index is -4.58. The Morgan fingerprint density at radius 1 is 0.971 bits per heavy atom. The second-order valence-corrected chi connectivity index (χ2v) is 9.71. The van der Waals surface area contributed by atoms with Gasteiger partial charge in [-0.2, -0.15) is 13.2 Å². The third-order valence-electron chi connectivity index (χ3n) is 5.29. The van der Waals surface area contributed by atoms with Gasteiger partial charge in [-0.3, -0.25) is 19.8 Å². The number of halogens is 3. The number of nitrogens with zero attached hydrogens (tertiary/aromatic N) is 3. The Kier molecular flexibility index (Phi) is 5.73. The van der Waals surface area contributed by atoms with Crippen molar-refractivity contribution < 1.29 is 22.9 Å². The second kappa shape index (κ2) is 8.75. The molecule has 6 nitrogen and oxygen atoms in total. The first-order valence-electron chi connectivity index (χ1n) is 10.2. The monoisotopic (exact) mass is 513 g/mol. The van der Waals surface area contributed by atoms with Crippen LogP contribution in [0.4, 0.5) is 24.0 Å². The maximum Gasteiger partial charge on any atom is 0.418 e. The Morgan fingerprint density at radius 3 is 2.46 bits per heavy atom. The van der Waals surface area contributed by atoms with Crippen molar-refractivity contribution in [2.24, 2.45) is 0 Å². The van der Waals surface area contributed by atoms with E-state index in [1.165, 1.54) is 29.2 Å². The predicted octanol–water partition coefficient (Wildman–Crippen LogP) is 7.29. The van der Waals surface area contributed by atoms with Gasteiger partial charge in [0.05, 0.1) is 32.1 Å². The van der Waals surface area contributed by atoms with Crippen LogP contribution in [0, 0.1) is 10.1 Å². The van der Waals surface area contributed by atoms with Crippen LogP contribution in [-0.2, 0) is 12.7 Å². The lowest BCUT2D eigenvalue weighted by molar-refractivity contribution is -0.384. The normalized spacial score (nSPS) is 11.7. The molecule has 2 aromatic heterocycles. The topological polar surface area (TPSA) is 76.3 Å². The molecule has 35 heavy (non-hydrogen) atoms. The zero-order chi connectivity index (χ0) is 24.7. The maximum absolute atomic E-state index is 13.6. The molecular weight excluding hydrogens is 499 g/mol. The molecule has 2 heterocycles. The zero-order valence-electron chi connectivity index (χ0n) is 17.7. The van der Waals surface area contributed by atoms with E-state index in [2.05, 4.69) is 4.98 Å². The smallest absolute Gasteiger partial charge is 0.279 e. The highest BCUT2D eigenvalue weighted by Crippen LogP contribution is 2.39. The van der Waals surface area contributed by atoms with E-state index in [1.54, 1.807) is 24.3 Å². The van der Waals surface area contributed by atoms with Crippen molar-refractivity contribution in [3.8, 4) is 0 Å². The number of benzene rings is 3. The van der Waals surface area contributed by atoms with Crippen molar-refractivity contribution in [2.45, 2.75) is 12.7 Å². The third-order valence-corrected chi connectivity index (χ3v) is 7.44. The number of carbonyl (C=O) groups is 1. The van der Waals surface area contributed by atoms with Crippen LogP contribution in [0.15, 0.2) is 72.8 Å². The molecule has 0 atom stereocenters. The van der Waals surface area contributed by atoms with E-state index in [0.717, 1.165) is 34.3 Å². The quantitative estimate of drug-likeness (QED) is 0.183. The summed E-state index contributed by atoms with van der Waals surface area (Å²) in [6, 6.07) is 18.7. The van der Waals surface area contributed by atoms with Crippen molar-refractivity contribution >= 4 is 59.7 Å². The van der Waals surface area contributed by atoms with Crippen LogP contribution in [0.25, 0.3) is 20.3 Å². The highest BCUT2D eigenvalue weighted by molar-refractivity contribution is 7.23. The number of nitro benzene ring substituents is 1. The summed E-state index contributed by atoms with van der Waals surface area (Å²) in [5.74, 6) is -0.453. The van der Waals surface area contributed by atoms with E-state index >= 15 is 0 Å². The van der Waals surface area contributed by atoms with Crippen LogP contribution < -0.4 is 4.90 Å². The lowest BCUT2D eigenvalue weighted by atomic mass is 10.2. The summed E-state index contributed by atoms with van der Waals surface area (Å²) < 4.78 is 41.6. The summed E-state index contributed by atoms with van der Waals surface area (Å²) in [5.41, 5.74) is -0.397. The van der Waals surface area contributed by atoms with Gasteiger partial charge in [-0.25, -0.2) is 4.98 Å². The van der Waals surface area contributed by atoms with Gasteiger partial charge in [-0.15, -0.1) is 11.3 Å². The molecule has 0 saturated heterocycles. The van der Waals surface area contributed by atoms with Crippen LogP contribution in [-0.4, -0.2) is 15.8 Å². The zero-order valence-corrected chi connectivity index (χ0v) is 19.3. The van der Waals surface area contributed by atoms with Gasteiger partial charge in [-0.1, -0.05) is 47.7 Å². The number of rotatable bonds is 5. The van der Waals surface area contributed by atoms with Crippen LogP contribution in [0.2, 0.25) is 0 Å². The number of nitro groups is 1. The first kappa shape index (κ1) is 22.9. The molecule has 0 unspecified atom stereocenters. The fourth-order valence-electron chi connectivity index (χ4n) is 3.66. The number of alkyl halides is 3. The number of anilines is 1. The Morgan fingerprint density at radius 2 is 1.74 bits per heavy atom. The van der Waals surface area contributed by atoms with Crippen molar-refractivity contribution in [3.05, 3.63) is 98.9 Å². The van der Waals surface area contributed by atoms with Crippen LogP contribution in [0.5, 0.6) is 0 Å².